The van der Waals surface area contributed by atoms with E-state index in [0.717, 1.165) is 25.7 Å². The predicted octanol–water partition coefficient (Wildman–Crippen LogP) is 8.32. The molecule has 7 aromatic rings. The number of allylic oxidation sites excluding steroid dienone is 4. The van der Waals surface area contributed by atoms with Gasteiger partial charge in [0.2, 0.25) is 0 Å². The zero-order chi connectivity index (χ0) is 32.1. The average molecular weight is 627 g/mol. The van der Waals surface area contributed by atoms with Crippen molar-refractivity contribution in [2.45, 2.75) is 25.7 Å². The molecule has 2 aromatic heterocycles. The highest BCUT2D eigenvalue weighted by molar-refractivity contribution is 6.09. The van der Waals surface area contributed by atoms with E-state index >= 15 is 0 Å². The molecule has 0 fully saturated rings. The largest absolute Gasteiger partial charge is 0.309 e. The molecule has 0 aliphatic heterocycles. The summed E-state index contributed by atoms with van der Waals surface area (Å²) in [6, 6.07) is 44.9. The molecule has 49 heavy (non-hydrogen) atoms. The Morgan fingerprint density at radius 3 is 1.90 bits per heavy atom. The van der Waals surface area contributed by atoms with Crippen LogP contribution in [0.5, 0.6) is 0 Å². The van der Waals surface area contributed by atoms with Gasteiger partial charge in [0.05, 0.1) is 16.4 Å². The van der Waals surface area contributed by atoms with Gasteiger partial charge in [0.25, 0.3) is 0 Å². The van der Waals surface area contributed by atoms with Gasteiger partial charge in [-0.05, 0) is 101 Å². The summed E-state index contributed by atoms with van der Waals surface area (Å²) in [5, 5.41) is 8.22. The van der Waals surface area contributed by atoms with Crippen LogP contribution in [0, 0.1) is 5.92 Å². The average Bonchev–Trinajstić information content (AvgIpc) is 3.74. The van der Waals surface area contributed by atoms with Gasteiger partial charge in [-0.25, -0.2) is 0 Å². The molecule has 0 amide bonds. The van der Waals surface area contributed by atoms with Crippen molar-refractivity contribution in [1.82, 2.24) is 9.13 Å². The molecule has 0 saturated heterocycles. The molecule has 232 valence electrons. The third-order valence-corrected chi connectivity index (χ3v) is 11.4. The number of hydrogen-bond donors (Lipinski definition) is 0. The summed E-state index contributed by atoms with van der Waals surface area (Å²) >= 11 is 0. The van der Waals surface area contributed by atoms with Crippen LogP contribution in [0.4, 0.5) is 0 Å². The van der Waals surface area contributed by atoms with Crippen LogP contribution < -0.4 is 21.1 Å². The molecule has 2 nitrogen and oxygen atoms in total. The lowest BCUT2D eigenvalue weighted by molar-refractivity contribution is 0.772. The molecule has 5 aromatic carbocycles. The Labute approximate surface area is 284 Å². The molecule has 2 bridgehead atoms. The van der Waals surface area contributed by atoms with Gasteiger partial charge in [0, 0.05) is 43.9 Å². The molecule has 0 spiro atoms. The molecule has 0 saturated carbocycles. The van der Waals surface area contributed by atoms with E-state index < -0.39 is 0 Å². The first-order valence-corrected chi connectivity index (χ1v) is 17.7. The van der Waals surface area contributed by atoms with E-state index in [4.69, 9.17) is 0 Å². The van der Waals surface area contributed by atoms with Crippen LogP contribution in [0.15, 0.2) is 140 Å². The van der Waals surface area contributed by atoms with Gasteiger partial charge >= 0.3 is 0 Å². The lowest BCUT2D eigenvalue weighted by Crippen LogP contribution is -2.40. The number of benzene rings is 5. The lowest BCUT2D eigenvalue weighted by Gasteiger charge is -2.16. The van der Waals surface area contributed by atoms with Crippen LogP contribution in [0.3, 0.4) is 0 Å². The second-order valence-electron chi connectivity index (χ2n) is 13.9. The zero-order valence-electron chi connectivity index (χ0n) is 27.2. The molecule has 4 aliphatic rings. The molecular formula is C47H34N2. The van der Waals surface area contributed by atoms with E-state index in [2.05, 4.69) is 161 Å². The van der Waals surface area contributed by atoms with E-state index in [9.17, 15) is 0 Å². The molecule has 1 unspecified atom stereocenters. The van der Waals surface area contributed by atoms with Crippen LogP contribution >= 0.6 is 0 Å². The third-order valence-electron chi connectivity index (χ3n) is 11.4. The van der Waals surface area contributed by atoms with E-state index in [1.54, 1.807) is 0 Å². The fourth-order valence-electron chi connectivity index (χ4n) is 9.28. The van der Waals surface area contributed by atoms with Crippen molar-refractivity contribution >= 4 is 50.7 Å². The highest BCUT2D eigenvalue weighted by Crippen LogP contribution is 2.47. The van der Waals surface area contributed by atoms with Crippen molar-refractivity contribution in [3.8, 4) is 22.5 Å². The summed E-state index contributed by atoms with van der Waals surface area (Å²) in [5.41, 5.74) is 14.6. The fourth-order valence-corrected chi connectivity index (χ4v) is 9.28. The molecular weight excluding hydrogens is 593 g/mol. The van der Waals surface area contributed by atoms with E-state index in [1.807, 2.05) is 0 Å². The molecule has 0 N–H and O–H groups in total. The molecule has 11 rings (SSSR count). The Kier molecular flexibility index (Phi) is 5.71. The highest BCUT2D eigenvalue weighted by Gasteiger charge is 2.35. The summed E-state index contributed by atoms with van der Waals surface area (Å²) in [5.74, 6) is 0.418. The van der Waals surface area contributed by atoms with Crippen molar-refractivity contribution < 1.29 is 0 Å². The van der Waals surface area contributed by atoms with Crippen LogP contribution in [0.1, 0.15) is 36.8 Å². The number of fused-ring (bicyclic) bond motifs is 11. The second-order valence-corrected chi connectivity index (χ2v) is 13.9. The maximum atomic E-state index is 2.60. The third kappa shape index (κ3) is 3.83. The van der Waals surface area contributed by atoms with Crippen molar-refractivity contribution in [1.29, 1.82) is 0 Å². The first kappa shape index (κ1) is 27.1. The quantitative estimate of drug-likeness (QED) is 0.187. The van der Waals surface area contributed by atoms with Crippen LogP contribution in [0.25, 0.3) is 73.2 Å². The number of aromatic nitrogens is 2. The van der Waals surface area contributed by atoms with E-state index in [0.29, 0.717) is 5.92 Å². The summed E-state index contributed by atoms with van der Waals surface area (Å²) in [6.45, 7) is 0. The summed E-state index contributed by atoms with van der Waals surface area (Å²) in [7, 11) is 0. The molecule has 2 heterocycles. The van der Waals surface area contributed by atoms with Gasteiger partial charge in [-0.15, -0.1) is 0 Å². The maximum absolute atomic E-state index is 2.60. The first-order valence-electron chi connectivity index (χ1n) is 17.7. The van der Waals surface area contributed by atoms with Gasteiger partial charge in [-0.1, -0.05) is 115 Å². The first-order chi connectivity index (χ1) is 24.3. The van der Waals surface area contributed by atoms with Gasteiger partial charge in [-0.3, -0.25) is 0 Å². The zero-order valence-corrected chi connectivity index (χ0v) is 27.2. The van der Waals surface area contributed by atoms with Crippen molar-refractivity contribution in [3.63, 3.8) is 0 Å². The Hall–Kier alpha value is -5.86. The number of para-hydroxylation sites is 2. The van der Waals surface area contributed by atoms with E-state index in [1.165, 1.54) is 93.3 Å². The minimum Gasteiger partial charge on any atom is -0.309 e. The van der Waals surface area contributed by atoms with Crippen LogP contribution in [-0.2, 0) is 0 Å². The highest BCUT2D eigenvalue weighted by atomic mass is 15.0. The second kappa shape index (κ2) is 10.3. The molecule has 2 heteroatoms. The summed E-state index contributed by atoms with van der Waals surface area (Å²) in [4.78, 5) is 0. The van der Waals surface area contributed by atoms with Gasteiger partial charge in [0.15, 0.2) is 0 Å². The molecule has 0 radical (unpaired) electrons. The van der Waals surface area contributed by atoms with Crippen LogP contribution in [-0.4, -0.2) is 9.13 Å². The normalized spacial score (nSPS) is 17.1. The lowest BCUT2D eigenvalue weighted by atomic mass is 9.89. The number of hydrogen-bond acceptors (Lipinski definition) is 0. The van der Waals surface area contributed by atoms with Crippen molar-refractivity contribution in [3.05, 3.63) is 172 Å². The van der Waals surface area contributed by atoms with Gasteiger partial charge < -0.3 is 9.13 Å². The van der Waals surface area contributed by atoms with Gasteiger partial charge in [0.1, 0.15) is 0 Å². The maximum Gasteiger partial charge on any atom is 0.0588 e. The Bertz CT molecular complexity index is 2800. The molecule has 1 atom stereocenters. The minimum atomic E-state index is 0.418. The Balaban J connectivity index is 1.08. The smallest absolute Gasteiger partial charge is 0.0588 e. The van der Waals surface area contributed by atoms with Gasteiger partial charge in [-0.2, -0.15) is 0 Å². The number of nitrogens with zero attached hydrogens (tertiary/aromatic N) is 2. The summed E-state index contributed by atoms with van der Waals surface area (Å²) in [6.07, 6.45) is 16.5. The van der Waals surface area contributed by atoms with Crippen molar-refractivity contribution in [2.75, 3.05) is 0 Å². The minimum absolute atomic E-state index is 0.418. The fraction of sp³-hybridized carbons (Fsp3) is 0.106. The standard InChI is InChI=1S/C47H34N2/c1-2-14-39-35(11-1)36-16-9-10-32-24-29-40(36)46(39)47-45(32)41-15-5-8-19-44(41)49(47)34-27-22-31(23-28-34)30-20-25-33(26-21-30)48-42-17-6-3-12-37(42)38-13-4-7-18-43(38)48/h1-4,6-7,9-23,25-28,40H,5,8,24,29H2. The topological polar surface area (TPSA) is 9.86 Å². The SMILES string of the molecule is C1=CC2=c3c4c(n(-c5ccc(-c6ccc(-n7c8ccccc8c8ccccc87)cc6)cc5)c3=C3c5ccccc5C(=C1)C3CC2)=CCCC=4. The Morgan fingerprint density at radius 2 is 1.18 bits per heavy atom. The predicted molar refractivity (Wildman–Crippen MR) is 204 cm³/mol. The van der Waals surface area contributed by atoms with E-state index in [-0.39, 0.29) is 0 Å². The van der Waals surface area contributed by atoms with Crippen LogP contribution in [0.2, 0.25) is 0 Å². The monoisotopic (exact) mass is 626 g/mol. The molecule has 4 aliphatic carbocycles. The Morgan fingerprint density at radius 1 is 0.571 bits per heavy atom. The summed E-state index contributed by atoms with van der Waals surface area (Å²) < 4.78 is 4.98. The number of rotatable bonds is 3. The van der Waals surface area contributed by atoms with Crippen molar-refractivity contribution in [2.24, 2.45) is 5.92 Å².